The second-order valence-corrected chi connectivity index (χ2v) is 6.93. The third-order valence-corrected chi connectivity index (χ3v) is 5.12. The van der Waals surface area contributed by atoms with Gasteiger partial charge < -0.3 is 10.0 Å². The fourth-order valence-corrected chi connectivity index (χ4v) is 3.62. The van der Waals surface area contributed by atoms with Gasteiger partial charge in [0.1, 0.15) is 11.6 Å². The second kappa shape index (κ2) is 7.67. The molecule has 1 saturated heterocycles. The topological polar surface area (TPSA) is 104 Å². The molecule has 1 aliphatic heterocycles. The van der Waals surface area contributed by atoms with E-state index in [0.717, 1.165) is 18.5 Å². The zero-order chi connectivity index (χ0) is 19.5. The molecule has 0 radical (unpaired) electrons. The molecule has 1 aliphatic rings. The van der Waals surface area contributed by atoms with Crippen LogP contribution in [0.3, 0.4) is 0 Å². The van der Waals surface area contributed by atoms with Crippen LogP contribution >= 0.6 is 0 Å². The molecule has 1 aromatic carbocycles. The molecule has 3 aromatic rings. The highest BCUT2D eigenvalue weighted by molar-refractivity contribution is 5.94. The van der Waals surface area contributed by atoms with E-state index < -0.39 is 0 Å². The molecule has 0 saturated carbocycles. The van der Waals surface area contributed by atoms with E-state index in [1.54, 1.807) is 15.5 Å². The summed E-state index contributed by atoms with van der Waals surface area (Å²) < 4.78 is 1.60. The smallest absolute Gasteiger partial charge is 0.347 e. The monoisotopic (exact) mass is 379 g/mol. The first kappa shape index (κ1) is 18.0. The van der Waals surface area contributed by atoms with Gasteiger partial charge in [-0.25, -0.2) is 19.4 Å². The summed E-state index contributed by atoms with van der Waals surface area (Å²) in [4.78, 5) is 30.5. The number of hydrogen-bond acceptors (Lipinski definition) is 5. The number of para-hydroxylation sites is 1. The number of nitrogens with one attached hydrogen (secondary N) is 1. The Bertz CT molecular complexity index is 1020. The summed E-state index contributed by atoms with van der Waals surface area (Å²) in [5, 5.41) is 16.6. The third-order valence-electron chi connectivity index (χ3n) is 5.12. The lowest BCUT2D eigenvalue weighted by atomic mass is 9.93. The number of likely N-dealkylation sites (tertiary alicyclic amines) is 1. The van der Waals surface area contributed by atoms with E-state index in [1.165, 1.54) is 12.3 Å². The van der Waals surface area contributed by atoms with Crippen molar-refractivity contribution in [2.45, 2.75) is 19.3 Å². The summed E-state index contributed by atoms with van der Waals surface area (Å²) in [6, 6.07) is 12.5. The minimum absolute atomic E-state index is 0.0890. The summed E-state index contributed by atoms with van der Waals surface area (Å²) in [6.07, 6.45) is 3.76. The van der Waals surface area contributed by atoms with Gasteiger partial charge in [-0.05, 0) is 43.0 Å². The van der Waals surface area contributed by atoms with Crippen LogP contribution in [-0.2, 0) is 6.42 Å². The number of aromatic amines is 1. The molecule has 0 spiro atoms. The molecule has 0 aliphatic carbocycles. The van der Waals surface area contributed by atoms with E-state index in [-0.39, 0.29) is 23.0 Å². The van der Waals surface area contributed by atoms with E-state index in [2.05, 4.69) is 15.2 Å². The first-order valence-electron chi connectivity index (χ1n) is 9.28. The molecule has 1 amide bonds. The van der Waals surface area contributed by atoms with E-state index >= 15 is 0 Å². The largest absolute Gasteiger partial charge is 0.505 e. The van der Waals surface area contributed by atoms with E-state index in [9.17, 15) is 14.7 Å². The number of amides is 1. The first-order valence-corrected chi connectivity index (χ1v) is 9.28. The molecule has 0 unspecified atom stereocenters. The van der Waals surface area contributed by atoms with Crippen molar-refractivity contribution in [3.63, 3.8) is 0 Å². The maximum Gasteiger partial charge on any atom is 0.347 e. The molecule has 2 N–H and O–H groups in total. The SMILES string of the molecule is O=C(c1ncccc1O)N1CCC(Cc2n[nH]c(=O)n2-c2ccccc2)CC1. The van der Waals surface area contributed by atoms with Crippen molar-refractivity contribution in [1.82, 2.24) is 24.6 Å². The molecule has 2 aromatic heterocycles. The molecule has 4 rings (SSSR count). The third kappa shape index (κ3) is 3.53. The Balaban J connectivity index is 1.43. The van der Waals surface area contributed by atoms with Crippen molar-refractivity contribution in [2.75, 3.05) is 13.1 Å². The van der Waals surface area contributed by atoms with Gasteiger partial charge in [0.2, 0.25) is 0 Å². The van der Waals surface area contributed by atoms with Gasteiger partial charge in [0, 0.05) is 25.7 Å². The predicted octanol–water partition coefficient (Wildman–Crippen LogP) is 1.76. The van der Waals surface area contributed by atoms with Crippen molar-refractivity contribution >= 4 is 5.91 Å². The number of aromatic nitrogens is 4. The van der Waals surface area contributed by atoms with Crippen LogP contribution in [0, 0.1) is 5.92 Å². The van der Waals surface area contributed by atoms with Gasteiger partial charge in [0.05, 0.1) is 5.69 Å². The van der Waals surface area contributed by atoms with Gasteiger partial charge in [-0.15, -0.1) is 0 Å². The normalized spacial score (nSPS) is 14.9. The molecular formula is C20H21N5O3. The fraction of sp³-hybridized carbons (Fsp3) is 0.300. The standard InChI is InChI=1S/C20H21N5O3/c26-16-7-4-10-21-18(16)19(27)24-11-8-14(9-12-24)13-17-22-23-20(28)25(17)15-5-2-1-3-6-15/h1-7,10,14,26H,8-9,11-13H2,(H,23,28). The Morgan fingerprint density at radius 1 is 1.14 bits per heavy atom. The van der Waals surface area contributed by atoms with Crippen LogP contribution in [0.25, 0.3) is 5.69 Å². The average molecular weight is 379 g/mol. The number of H-pyrrole nitrogens is 1. The van der Waals surface area contributed by atoms with Crippen molar-refractivity contribution in [3.05, 3.63) is 70.7 Å². The highest BCUT2D eigenvalue weighted by atomic mass is 16.3. The van der Waals surface area contributed by atoms with Crippen molar-refractivity contribution < 1.29 is 9.90 Å². The van der Waals surface area contributed by atoms with Crippen LogP contribution in [0.1, 0.15) is 29.2 Å². The van der Waals surface area contributed by atoms with Gasteiger partial charge >= 0.3 is 5.69 Å². The summed E-state index contributed by atoms with van der Waals surface area (Å²) in [5.74, 6) is 0.665. The number of aromatic hydroxyl groups is 1. The molecule has 144 valence electrons. The maximum absolute atomic E-state index is 12.6. The van der Waals surface area contributed by atoms with Crippen LogP contribution in [-0.4, -0.2) is 48.8 Å². The number of rotatable bonds is 4. The number of carbonyl (C=O) groups is 1. The predicted molar refractivity (Wildman–Crippen MR) is 102 cm³/mol. The Labute approximate surface area is 161 Å². The molecule has 0 bridgehead atoms. The minimum Gasteiger partial charge on any atom is -0.505 e. The number of benzene rings is 1. The Morgan fingerprint density at radius 3 is 2.61 bits per heavy atom. The van der Waals surface area contributed by atoms with Gasteiger partial charge in [-0.2, -0.15) is 5.10 Å². The maximum atomic E-state index is 12.6. The van der Waals surface area contributed by atoms with Crippen LogP contribution in [0.4, 0.5) is 0 Å². The Kier molecular flexibility index (Phi) is 4.92. The second-order valence-electron chi connectivity index (χ2n) is 6.93. The number of piperidine rings is 1. The molecule has 3 heterocycles. The van der Waals surface area contributed by atoms with Crippen LogP contribution in [0.5, 0.6) is 5.75 Å². The summed E-state index contributed by atoms with van der Waals surface area (Å²) in [5.41, 5.74) is 0.625. The highest BCUT2D eigenvalue weighted by Crippen LogP contribution is 2.24. The lowest BCUT2D eigenvalue weighted by Crippen LogP contribution is -2.39. The van der Waals surface area contributed by atoms with Gasteiger partial charge in [0.25, 0.3) is 5.91 Å². The quantitative estimate of drug-likeness (QED) is 0.719. The van der Waals surface area contributed by atoms with Crippen molar-refractivity contribution in [2.24, 2.45) is 5.92 Å². The van der Waals surface area contributed by atoms with Crippen LogP contribution in [0.2, 0.25) is 0 Å². The molecule has 8 nitrogen and oxygen atoms in total. The minimum atomic E-state index is -0.252. The Morgan fingerprint density at radius 2 is 1.89 bits per heavy atom. The molecule has 28 heavy (non-hydrogen) atoms. The van der Waals surface area contributed by atoms with Crippen LogP contribution < -0.4 is 5.69 Å². The van der Waals surface area contributed by atoms with E-state index in [1.807, 2.05) is 30.3 Å². The Hall–Kier alpha value is -3.42. The number of carbonyl (C=O) groups excluding carboxylic acids is 1. The average Bonchev–Trinajstić information content (AvgIpc) is 3.09. The summed E-state index contributed by atoms with van der Waals surface area (Å²) in [7, 11) is 0. The first-order chi connectivity index (χ1) is 13.6. The van der Waals surface area contributed by atoms with Gasteiger partial charge in [-0.3, -0.25) is 4.79 Å². The van der Waals surface area contributed by atoms with Crippen molar-refractivity contribution in [3.8, 4) is 11.4 Å². The molecular weight excluding hydrogens is 358 g/mol. The lowest BCUT2D eigenvalue weighted by molar-refractivity contribution is 0.0680. The van der Waals surface area contributed by atoms with Crippen molar-refractivity contribution in [1.29, 1.82) is 0 Å². The zero-order valence-corrected chi connectivity index (χ0v) is 15.3. The van der Waals surface area contributed by atoms with E-state index in [0.29, 0.717) is 31.3 Å². The van der Waals surface area contributed by atoms with Crippen LogP contribution in [0.15, 0.2) is 53.5 Å². The summed E-state index contributed by atoms with van der Waals surface area (Å²) in [6.45, 7) is 1.17. The fourth-order valence-electron chi connectivity index (χ4n) is 3.62. The van der Waals surface area contributed by atoms with Gasteiger partial charge in [0.15, 0.2) is 5.69 Å². The lowest BCUT2D eigenvalue weighted by Gasteiger charge is -2.31. The zero-order valence-electron chi connectivity index (χ0n) is 15.3. The number of hydrogen-bond donors (Lipinski definition) is 2. The molecule has 0 atom stereocenters. The summed E-state index contributed by atoms with van der Waals surface area (Å²) >= 11 is 0. The van der Waals surface area contributed by atoms with Gasteiger partial charge in [-0.1, -0.05) is 18.2 Å². The highest BCUT2D eigenvalue weighted by Gasteiger charge is 2.27. The molecule has 8 heteroatoms. The number of pyridine rings is 1. The van der Waals surface area contributed by atoms with E-state index in [4.69, 9.17) is 0 Å². The molecule has 1 fully saturated rings. The number of nitrogens with zero attached hydrogens (tertiary/aromatic N) is 4.